The van der Waals surface area contributed by atoms with Crippen LogP contribution in [0.4, 0.5) is 17.3 Å². The summed E-state index contributed by atoms with van der Waals surface area (Å²) in [5.41, 5.74) is 11.2. The normalized spacial score (nSPS) is 13.4. The molecule has 2 aromatic carbocycles. The minimum Gasteiger partial charge on any atom is -0.381 e. The molecule has 1 aliphatic rings. The number of ether oxygens (including phenoxy) is 2. The first-order chi connectivity index (χ1) is 27.9. The van der Waals surface area contributed by atoms with Crippen molar-refractivity contribution in [3.8, 4) is 11.3 Å². The summed E-state index contributed by atoms with van der Waals surface area (Å²) < 4.78 is 11.5. The Balaban J connectivity index is 0.892. The molecule has 3 heterocycles. The maximum atomic E-state index is 13.2. The molecule has 0 atom stereocenters. The zero-order chi connectivity index (χ0) is 39.9. The van der Waals surface area contributed by atoms with Crippen LogP contribution in [0.15, 0.2) is 79.3 Å². The van der Waals surface area contributed by atoms with Gasteiger partial charge in [0.25, 0.3) is 5.91 Å². The molecule has 12 nitrogen and oxygen atoms in total. The Kier molecular flexibility index (Phi) is 18.9. The molecule has 0 saturated carbocycles. The highest BCUT2D eigenvalue weighted by Crippen LogP contribution is 2.25. The molecule has 0 bridgehead atoms. The van der Waals surface area contributed by atoms with Crippen LogP contribution in [0, 0.1) is 6.92 Å². The quantitative estimate of drug-likeness (QED) is 0.0540. The summed E-state index contributed by atoms with van der Waals surface area (Å²) >= 11 is 0. The van der Waals surface area contributed by atoms with Gasteiger partial charge in [0.1, 0.15) is 0 Å². The molecular weight excluding hydrogens is 717 g/mol. The van der Waals surface area contributed by atoms with Gasteiger partial charge >= 0.3 is 0 Å². The van der Waals surface area contributed by atoms with E-state index in [1.807, 2.05) is 55.5 Å². The fraction of sp³-hybridized carbons (Fsp3) is 0.489. The molecule has 5 rings (SSSR count). The topological polar surface area (TPSA) is 148 Å². The summed E-state index contributed by atoms with van der Waals surface area (Å²) in [6.45, 7) is 11.6. The number of unbranched alkanes of at least 4 members (excludes halogenated alkanes) is 7. The fourth-order valence-electron chi connectivity index (χ4n) is 6.81. The van der Waals surface area contributed by atoms with Crippen molar-refractivity contribution in [2.45, 2.75) is 84.1 Å². The molecule has 1 aliphatic heterocycles. The van der Waals surface area contributed by atoms with Crippen LogP contribution in [0.1, 0.15) is 92.1 Å². The lowest BCUT2D eigenvalue weighted by Crippen LogP contribution is -2.46. The highest BCUT2D eigenvalue weighted by Gasteiger charge is 2.17. The van der Waals surface area contributed by atoms with Crippen molar-refractivity contribution in [1.82, 2.24) is 24.8 Å². The molecule has 2 amide bonds. The van der Waals surface area contributed by atoms with Crippen LogP contribution in [0.2, 0.25) is 0 Å². The van der Waals surface area contributed by atoms with E-state index in [1.54, 1.807) is 18.6 Å². The SMILES string of the molecule is Cc1ccc(NC(=O)c2ccc(CN3CCN(CCCCCCOCCCCCOCCCCCC(N)=O)CC3)cc2)cc1Nc1nccc(-c2cccnc2)n1. The van der Waals surface area contributed by atoms with E-state index in [0.717, 1.165) is 127 Å². The predicted octanol–water partition coefficient (Wildman–Crippen LogP) is 7.77. The third-order valence-electron chi connectivity index (χ3n) is 10.2. The molecule has 0 unspecified atom stereocenters. The number of hydrogen-bond acceptors (Lipinski definition) is 10. The fourth-order valence-corrected chi connectivity index (χ4v) is 6.81. The Labute approximate surface area is 339 Å². The number of carbonyl (C=O) groups is 2. The molecule has 1 saturated heterocycles. The lowest BCUT2D eigenvalue weighted by molar-refractivity contribution is -0.118. The number of nitrogens with two attached hydrogens (primary N) is 1. The van der Waals surface area contributed by atoms with Crippen LogP contribution < -0.4 is 16.4 Å². The lowest BCUT2D eigenvalue weighted by atomic mass is 10.1. The van der Waals surface area contributed by atoms with Crippen LogP contribution in [0.3, 0.4) is 0 Å². The van der Waals surface area contributed by atoms with Gasteiger partial charge in [-0.15, -0.1) is 0 Å². The van der Waals surface area contributed by atoms with Crippen LogP contribution in [0.25, 0.3) is 11.3 Å². The molecule has 2 aromatic heterocycles. The van der Waals surface area contributed by atoms with E-state index < -0.39 is 0 Å². The number of carbonyl (C=O) groups excluding carboxylic acids is 2. The van der Waals surface area contributed by atoms with Gasteiger partial charge in [-0.1, -0.05) is 37.5 Å². The third-order valence-corrected chi connectivity index (χ3v) is 10.2. The van der Waals surface area contributed by atoms with Crippen molar-refractivity contribution in [3.63, 3.8) is 0 Å². The molecule has 4 aromatic rings. The number of pyridine rings is 1. The second kappa shape index (κ2) is 24.8. The lowest BCUT2D eigenvalue weighted by Gasteiger charge is -2.34. The average Bonchev–Trinajstić information content (AvgIpc) is 3.23. The maximum absolute atomic E-state index is 13.2. The van der Waals surface area contributed by atoms with E-state index in [-0.39, 0.29) is 11.8 Å². The standard InChI is InChI=1S/C45H62N8O4/c1-36-15-20-40(33-42(36)51-45-48-23-21-41(50-45)39-13-12-22-47-34-39)49-44(55)38-18-16-37(17-19-38)35-53-27-25-52(26-28-53)24-7-2-3-8-29-56-31-10-5-11-32-57-30-9-4-6-14-43(46)54/h12-13,15-23,33-34H,2-11,14,24-32,35H2,1H3,(H2,46,54)(H,49,55)(H,48,50,51). The van der Waals surface area contributed by atoms with Gasteiger partial charge < -0.3 is 30.7 Å². The van der Waals surface area contributed by atoms with Gasteiger partial charge in [0.05, 0.1) is 5.69 Å². The Morgan fingerprint density at radius 3 is 2.11 bits per heavy atom. The second-order valence-corrected chi connectivity index (χ2v) is 14.9. The molecule has 12 heteroatoms. The largest absolute Gasteiger partial charge is 0.381 e. The Morgan fingerprint density at radius 2 is 1.42 bits per heavy atom. The third kappa shape index (κ3) is 16.3. The minimum absolute atomic E-state index is 0.149. The van der Waals surface area contributed by atoms with Gasteiger partial charge in [-0.25, -0.2) is 9.97 Å². The van der Waals surface area contributed by atoms with E-state index in [2.05, 4.69) is 47.5 Å². The summed E-state index contributed by atoms with van der Waals surface area (Å²) in [7, 11) is 0. The number of rotatable bonds is 26. The summed E-state index contributed by atoms with van der Waals surface area (Å²) in [5, 5.41) is 6.35. The number of primary amides is 1. The summed E-state index contributed by atoms with van der Waals surface area (Å²) in [4.78, 5) is 42.2. The zero-order valence-corrected chi connectivity index (χ0v) is 33.8. The predicted molar refractivity (Wildman–Crippen MR) is 227 cm³/mol. The van der Waals surface area contributed by atoms with Crippen molar-refractivity contribution in [1.29, 1.82) is 0 Å². The molecule has 0 spiro atoms. The smallest absolute Gasteiger partial charge is 0.255 e. The Morgan fingerprint density at radius 1 is 0.754 bits per heavy atom. The van der Waals surface area contributed by atoms with E-state index in [0.29, 0.717) is 23.6 Å². The number of aryl methyl sites for hydroxylation is 1. The molecule has 57 heavy (non-hydrogen) atoms. The molecule has 4 N–H and O–H groups in total. The van der Waals surface area contributed by atoms with Crippen LogP contribution in [-0.2, 0) is 20.8 Å². The number of nitrogens with zero attached hydrogens (tertiary/aromatic N) is 5. The van der Waals surface area contributed by atoms with Gasteiger partial charge in [-0.2, -0.15) is 0 Å². The summed E-state index contributed by atoms with van der Waals surface area (Å²) in [5.74, 6) is 0.103. The van der Waals surface area contributed by atoms with Crippen LogP contribution in [0.5, 0.6) is 0 Å². The molecule has 0 aliphatic carbocycles. The number of piperazine rings is 1. The number of amides is 2. The van der Waals surface area contributed by atoms with Gasteiger partial charge in [0.15, 0.2) is 0 Å². The number of benzene rings is 2. The van der Waals surface area contributed by atoms with Gasteiger partial charge in [-0.3, -0.25) is 19.5 Å². The van der Waals surface area contributed by atoms with Crippen molar-refractivity contribution in [3.05, 3.63) is 95.9 Å². The average molecular weight is 779 g/mol. The second-order valence-electron chi connectivity index (χ2n) is 14.9. The van der Waals surface area contributed by atoms with Crippen molar-refractivity contribution < 1.29 is 19.1 Å². The highest BCUT2D eigenvalue weighted by molar-refractivity contribution is 6.04. The Bertz CT molecular complexity index is 1770. The first kappa shape index (κ1) is 43.4. The molecule has 0 radical (unpaired) electrons. The van der Waals surface area contributed by atoms with Crippen molar-refractivity contribution in [2.75, 3.05) is 69.8 Å². The van der Waals surface area contributed by atoms with Crippen molar-refractivity contribution >= 4 is 29.1 Å². The zero-order valence-electron chi connectivity index (χ0n) is 33.8. The van der Waals surface area contributed by atoms with E-state index in [1.165, 1.54) is 31.4 Å². The van der Waals surface area contributed by atoms with E-state index >= 15 is 0 Å². The van der Waals surface area contributed by atoms with Crippen molar-refractivity contribution in [2.24, 2.45) is 5.73 Å². The molecular formula is C45H62N8O4. The van der Waals surface area contributed by atoms with Crippen LogP contribution >= 0.6 is 0 Å². The van der Waals surface area contributed by atoms with E-state index in [4.69, 9.17) is 15.2 Å². The van der Waals surface area contributed by atoms with Gasteiger partial charge in [0.2, 0.25) is 11.9 Å². The van der Waals surface area contributed by atoms with E-state index in [9.17, 15) is 9.59 Å². The first-order valence-corrected chi connectivity index (χ1v) is 20.8. The van der Waals surface area contributed by atoms with Crippen LogP contribution in [-0.4, -0.2) is 95.7 Å². The highest BCUT2D eigenvalue weighted by atomic mass is 16.5. The monoisotopic (exact) mass is 778 g/mol. The number of hydrogen-bond donors (Lipinski definition) is 3. The molecule has 1 fully saturated rings. The maximum Gasteiger partial charge on any atom is 0.255 e. The number of anilines is 3. The Hall–Kier alpha value is -4.75. The van der Waals surface area contributed by atoms with Gasteiger partial charge in [-0.05, 0) is 112 Å². The number of aromatic nitrogens is 3. The van der Waals surface area contributed by atoms with Gasteiger partial charge in [0, 0.05) is 107 Å². The molecule has 306 valence electrons. The minimum atomic E-state index is -0.218. The number of nitrogens with one attached hydrogen (secondary N) is 2. The summed E-state index contributed by atoms with van der Waals surface area (Å²) in [6, 6.07) is 19.4. The summed E-state index contributed by atoms with van der Waals surface area (Å²) in [6.07, 6.45) is 16.7. The first-order valence-electron chi connectivity index (χ1n) is 20.8.